The van der Waals surface area contributed by atoms with Crippen molar-refractivity contribution >= 4 is 10.8 Å². The first-order valence-electron chi connectivity index (χ1n) is 8.94. The van der Waals surface area contributed by atoms with Crippen LogP contribution >= 0.6 is 0 Å². The van der Waals surface area contributed by atoms with Crippen molar-refractivity contribution in [2.75, 3.05) is 0 Å². The van der Waals surface area contributed by atoms with Gasteiger partial charge in [0.25, 0.3) is 0 Å². The molecule has 0 aliphatic heterocycles. The number of rotatable bonds is 3. The van der Waals surface area contributed by atoms with E-state index in [1.807, 2.05) is 0 Å². The topological polar surface area (TPSA) is 4.93 Å². The molecular weight excluding hydrogens is 314 g/mol. The summed E-state index contributed by atoms with van der Waals surface area (Å²) in [7, 11) is 2.06. The largest absolute Gasteiger partial charge is 0.354 e. The third-order valence-corrected chi connectivity index (χ3v) is 4.71. The van der Waals surface area contributed by atoms with E-state index in [1.165, 1.54) is 27.6 Å². The molecule has 1 nitrogen and oxygen atoms in total. The molecule has 0 aliphatic carbocycles. The fraction of sp³-hybridized carbons (Fsp3) is 0.120. The second kappa shape index (κ2) is 7.33. The summed E-state index contributed by atoms with van der Waals surface area (Å²) < 4.78 is 2.12. The van der Waals surface area contributed by atoms with Crippen molar-refractivity contribution in [1.29, 1.82) is 0 Å². The molecule has 0 amide bonds. The molecule has 0 atom stereocenters. The van der Waals surface area contributed by atoms with E-state index in [1.54, 1.807) is 0 Å². The summed E-state index contributed by atoms with van der Waals surface area (Å²) in [4.78, 5) is 0. The van der Waals surface area contributed by atoms with E-state index >= 15 is 0 Å². The molecule has 4 aromatic rings. The van der Waals surface area contributed by atoms with Crippen LogP contribution in [0.5, 0.6) is 0 Å². The van der Waals surface area contributed by atoms with Gasteiger partial charge in [-0.25, -0.2) is 0 Å². The minimum Gasteiger partial charge on any atom is -0.354 e. The fourth-order valence-electron chi connectivity index (χ4n) is 3.23. The third-order valence-electron chi connectivity index (χ3n) is 4.71. The van der Waals surface area contributed by atoms with Gasteiger partial charge < -0.3 is 4.57 Å². The quantitative estimate of drug-likeness (QED) is 0.444. The van der Waals surface area contributed by atoms with E-state index in [4.69, 9.17) is 0 Å². The second-order valence-corrected chi connectivity index (χ2v) is 6.65. The molecule has 0 spiro atoms. The summed E-state index contributed by atoms with van der Waals surface area (Å²) in [5.41, 5.74) is 4.98. The van der Waals surface area contributed by atoms with Gasteiger partial charge in [-0.3, -0.25) is 0 Å². The van der Waals surface area contributed by atoms with Crippen molar-refractivity contribution in [2.45, 2.75) is 12.8 Å². The first-order valence-corrected chi connectivity index (χ1v) is 8.94. The molecule has 1 heteroatoms. The lowest BCUT2D eigenvalue weighted by Gasteiger charge is -2.05. The van der Waals surface area contributed by atoms with Crippen LogP contribution in [0.15, 0.2) is 85.1 Å². The van der Waals surface area contributed by atoms with Crippen LogP contribution in [0.1, 0.15) is 22.4 Å². The van der Waals surface area contributed by atoms with E-state index in [0.717, 1.165) is 18.4 Å². The predicted octanol–water partition coefficient (Wildman–Crippen LogP) is 5.36. The Kier molecular flexibility index (Phi) is 4.58. The molecule has 0 aliphatic rings. The van der Waals surface area contributed by atoms with Crippen LogP contribution in [0.2, 0.25) is 0 Å². The highest BCUT2D eigenvalue weighted by Gasteiger charge is 2.00. The van der Waals surface area contributed by atoms with Gasteiger partial charge in [-0.1, -0.05) is 66.4 Å². The molecule has 0 unspecified atom stereocenters. The second-order valence-electron chi connectivity index (χ2n) is 6.65. The van der Waals surface area contributed by atoms with Crippen molar-refractivity contribution < 1.29 is 0 Å². The van der Waals surface area contributed by atoms with Crippen LogP contribution in [-0.4, -0.2) is 4.57 Å². The summed E-state index contributed by atoms with van der Waals surface area (Å²) in [6.07, 6.45) is 3.79. The molecular formula is C25H21N. The van der Waals surface area contributed by atoms with Crippen LogP contribution in [0.25, 0.3) is 10.8 Å². The van der Waals surface area contributed by atoms with Gasteiger partial charge in [0.05, 0.1) is 0 Å². The Morgan fingerprint density at radius 1 is 0.769 bits per heavy atom. The highest BCUT2D eigenvalue weighted by atomic mass is 14.9. The van der Waals surface area contributed by atoms with Crippen LogP contribution in [0, 0.1) is 11.8 Å². The first kappa shape index (κ1) is 16.2. The summed E-state index contributed by atoms with van der Waals surface area (Å²) in [5, 5.41) is 2.51. The minimum absolute atomic E-state index is 0.773. The molecule has 0 N–H and O–H groups in total. The van der Waals surface area contributed by atoms with Gasteiger partial charge in [0.1, 0.15) is 0 Å². The lowest BCUT2D eigenvalue weighted by molar-refractivity contribution is 0.863. The van der Waals surface area contributed by atoms with Gasteiger partial charge in [0, 0.05) is 30.9 Å². The van der Waals surface area contributed by atoms with E-state index < -0.39 is 0 Å². The van der Waals surface area contributed by atoms with Crippen molar-refractivity contribution in [2.24, 2.45) is 7.05 Å². The standard InChI is InChI=1S/C25H21N/c1-26-16-6-11-25(26)10-5-9-21-12-14-23-15-13-22(19-24(23)18-21)17-20-7-3-2-4-8-20/h2-4,6-8,11-16,18-19H,10,17H2,1H3. The summed E-state index contributed by atoms with van der Waals surface area (Å²) >= 11 is 0. The van der Waals surface area contributed by atoms with Crippen molar-refractivity contribution in [1.82, 2.24) is 4.57 Å². The predicted molar refractivity (Wildman–Crippen MR) is 109 cm³/mol. The van der Waals surface area contributed by atoms with Crippen LogP contribution in [-0.2, 0) is 19.9 Å². The molecule has 0 fully saturated rings. The van der Waals surface area contributed by atoms with Crippen LogP contribution in [0.4, 0.5) is 0 Å². The Morgan fingerprint density at radius 3 is 2.42 bits per heavy atom. The SMILES string of the molecule is Cn1cccc1CC#Cc1ccc2ccc(Cc3ccccc3)cc2c1. The number of aromatic nitrogens is 1. The van der Waals surface area contributed by atoms with E-state index in [0.29, 0.717) is 0 Å². The van der Waals surface area contributed by atoms with Crippen molar-refractivity contribution in [3.8, 4) is 11.8 Å². The first-order chi connectivity index (χ1) is 12.8. The highest BCUT2D eigenvalue weighted by Crippen LogP contribution is 2.19. The number of nitrogens with zero attached hydrogens (tertiary/aromatic N) is 1. The highest BCUT2D eigenvalue weighted by molar-refractivity contribution is 5.84. The zero-order valence-corrected chi connectivity index (χ0v) is 14.9. The minimum atomic E-state index is 0.773. The average molecular weight is 335 g/mol. The molecule has 26 heavy (non-hydrogen) atoms. The third kappa shape index (κ3) is 3.71. The molecule has 1 aromatic heterocycles. The monoisotopic (exact) mass is 335 g/mol. The van der Waals surface area contributed by atoms with E-state index in [-0.39, 0.29) is 0 Å². The number of aryl methyl sites for hydroxylation is 1. The zero-order chi connectivity index (χ0) is 17.8. The summed E-state index contributed by atoms with van der Waals surface area (Å²) in [5.74, 6) is 6.60. The fourth-order valence-corrected chi connectivity index (χ4v) is 3.23. The molecule has 1 heterocycles. The lowest BCUT2D eigenvalue weighted by Crippen LogP contribution is -1.92. The number of benzene rings is 3. The van der Waals surface area contributed by atoms with Gasteiger partial charge in [0.2, 0.25) is 0 Å². The number of hydrogen-bond donors (Lipinski definition) is 0. The van der Waals surface area contributed by atoms with E-state index in [9.17, 15) is 0 Å². The van der Waals surface area contributed by atoms with Gasteiger partial charge in [-0.05, 0) is 52.6 Å². The summed E-state index contributed by atoms with van der Waals surface area (Å²) in [6, 6.07) is 27.9. The molecule has 4 rings (SSSR count). The smallest absolute Gasteiger partial charge is 0.0497 e. The number of fused-ring (bicyclic) bond motifs is 1. The molecule has 126 valence electrons. The maximum Gasteiger partial charge on any atom is 0.0497 e. The molecule has 3 aromatic carbocycles. The lowest BCUT2D eigenvalue weighted by atomic mass is 10.00. The molecule has 0 saturated heterocycles. The average Bonchev–Trinajstić information content (AvgIpc) is 3.07. The Hall–Kier alpha value is -3.24. The van der Waals surface area contributed by atoms with Crippen molar-refractivity contribution in [3.63, 3.8) is 0 Å². The Balaban J connectivity index is 1.57. The Morgan fingerprint density at radius 2 is 1.62 bits per heavy atom. The Bertz CT molecular complexity index is 1090. The maximum atomic E-state index is 3.31. The van der Waals surface area contributed by atoms with Gasteiger partial charge >= 0.3 is 0 Å². The molecule has 0 radical (unpaired) electrons. The zero-order valence-electron chi connectivity index (χ0n) is 14.9. The van der Waals surface area contributed by atoms with E-state index in [2.05, 4.69) is 109 Å². The van der Waals surface area contributed by atoms with Crippen LogP contribution in [0.3, 0.4) is 0 Å². The van der Waals surface area contributed by atoms with Crippen molar-refractivity contribution in [3.05, 3.63) is 107 Å². The molecule has 0 bridgehead atoms. The molecule has 0 saturated carbocycles. The van der Waals surface area contributed by atoms with Crippen LogP contribution < -0.4 is 0 Å². The normalized spacial score (nSPS) is 10.5. The summed E-state index contributed by atoms with van der Waals surface area (Å²) in [6.45, 7) is 0. The van der Waals surface area contributed by atoms with Gasteiger partial charge in [0.15, 0.2) is 0 Å². The Labute approximate surface area is 154 Å². The van der Waals surface area contributed by atoms with Gasteiger partial charge in [-0.2, -0.15) is 0 Å². The maximum absolute atomic E-state index is 3.31. The number of hydrogen-bond acceptors (Lipinski definition) is 0. The van der Waals surface area contributed by atoms with Gasteiger partial charge in [-0.15, -0.1) is 0 Å².